The first-order valence-corrected chi connectivity index (χ1v) is 6.52. The minimum absolute atomic E-state index is 0.129. The number of nitrogens with zero attached hydrogens (tertiary/aromatic N) is 1. The Labute approximate surface area is 131 Å². The molecule has 124 valence electrons. The lowest BCUT2D eigenvalue weighted by Crippen LogP contribution is -2.45. The molecule has 9 heteroatoms. The van der Waals surface area contributed by atoms with Gasteiger partial charge in [0.15, 0.2) is 12.6 Å². The molecule has 1 unspecified atom stereocenters. The topological polar surface area (TPSA) is 128 Å². The molecule has 1 amide bonds. The molecule has 0 bridgehead atoms. The highest BCUT2D eigenvalue weighted by Gasteiger charge is 2.20. The molecule has 0 saturated carbocycles. The summed E-state index contributed by atoms with van der Waals surface area (Å²) in [5, 5.41) is 21.8. The summed E-state index contributed by atoms with van der Waals surface area (Å²) in [6.45, 7) is 2.88. The van der Waals surface area contributed by atoms with E-state index in [1.807, 2.05) is 0 Å². The number of non-ortho nitro benzene ring substituents is 1. The van der Waals surface area contributed by atoms with Gasteiger partial charge in [0.1, 0.15) is 5.75 Å². The van der Waals surface area contributed by atoms with Crippen molar-refractivity contribution in [1.29, 1.82) is 0 Å². The maximum Gasteiger partial charge on any atom is 0.328 e. The van der Waals surface area contributed by atoms with Crippen molar-refractivity contribution >= 4 is 17.6 Å². The van der Waals surface area contributed by atoms with Crippen LogP contribution in [0.25, 0.3) is 0 Å². The lowest BCUT2D eigenvalue weighted by atomic mass is 10.3. The molecule has 0 aromatic heterocycles. The van der Waals surface area contributed by atoms with Crippen molar-refractivity contribution in [3.8, 4) is 5.75 Å². The normalized spacial score (nSPS) is 11.3. The van der Waals surface area contributed by atoms with E-state index in [-0.39, 0.29) is 24.7 Å². The van der Waals surface area contributed by atoms with E-state index in [4.69, 9.17) is 14.6 Å². The van der Waals surface area contributed by atoms with Crippen LogP contribution in [-0.4, -0.2) is 47.8 Å². The number of hydrogen-bond donors (Lipinski definition) is 2. The molecule has 0 fully saturated rings. The summed E-state index contributed by atoms with van der Waals surface area (Å²) in [6.07, 6.45) is 1.45. The summed E-state index contributed by atoms with van der Waals surface area (Å²) in [7, 11) is 0. The number of nitro benzene ring substituents is 1. The maximum absolute atomic E-state index is 11.7. The second-order valence-corrected chi connectivity index (χ2v) is 4.33. The fraction of sp³-hybridized carbons (Fsp3) is 0.286. The van der Waals surface area contributed by atoms with Gasteiger partial charge in [-0.25, -0.2) is 4.79 Å². The third-order valence-corrected chi connectivity index (χ3v) is 2.55. The lowest BCUT2D eigenvalue weighted by molar-refractivity contribution is -0.384. The third kappa shape index (κ3) is 6.57. The fourth-order valence-electron chi connectivity index (χ4n) is 1.52. The molecule has 0 aliphatic rings. The van der Waals surface area contributed by atoms with Crippen LogP contribution < -0.4 is 10.1 Å². The Morgan fingerprint density at radius 2 is 2.22 bits per heavy atom. The number of rotatable bonds is 10. The molecule has 0 spiro atoms. The number of carbonyl (C=O) groups is 2. The Morgan fingerprint density at radius 1 is 1.48 bits per heavy atom. The second-order valence-electron chi connectivity index (χ2n) is 4.33. The standard InChI is InChI=1S/C14H16N2O7/c1-2-6-22-8-12(14(18)19)15-13(17)9-23-11-5-3-4-10(7-11)16(20)21/h2-5,7,12H,1,6,8-9H2,(H,15,17)(H,18,19). The van der Waals surface area contributed by atoms with E-state index in [0.29, 0.717) is 0 Å². The van der Waals surface area contributed by atoms with E-state index in [1.54, 1.807) is 0 Å². The Bertz CT molecular complexity index is 588. The van der Waals surface area contributed by atoms with Crippen molar-refractivity contribution in [2.24, 2.45) is 0 Å². The molecule has 1 rings (SSSR count). The summed E-state index contributed by atoms with van der Waals surface area (Å²) < 4.78 is 10.1. The molecular formula is C14H16N2O7. The van der Waals surface area contributed by atoms with E-state index < -0.39 is 29.4 Å². The van der Waals surface area contributed by atoms with E-state index in [9.17, 15) is 19.7 Å². The molecule has 0 radical (unpaired) electrons. The zero-order valence-electron chi connectivity index (χ0n) is 12.1. The predicted octanol–water partition coefficient (Wildman–Crippen LogP) is 0.746. The Hall–Kier alpha value is -2.94. The van der Waals surface area contributed by atoms with Gasteiger partial charge in [-0.15, -0.1) is 6.58 Å². The molecule has 1 aromatic rings. The Kier molecular flexibility index (Phi) is 7.21. The number of amides is 1. The Balaban J connectivity index is 2.51. The van der Waals surface area contributed by atoms with Crippen molar-refractivity contribution in [3.05, 3.63) is 47.0 Å². The van der Waals surface area contributed by atoms with Gasteiger partial charge in [0.05, 0.1) is 24.2 Å². The van der Waals surface area contributed by atoms with Gasteiger partial charge < -0.3 is 19.9 Å². The van der Waals surface area contributed by atoms with Crippen LogP contribution in [0.15, 0.2) is 36.9 Å². The monoisotopic (exact) mass is 324 g/mol. The van der Waals surface area contributed by atoms with Gasteiger partial charge in [-0.3, -0.25) is 14.9 Å². The molecular weight excluding hydrogens is 308 g/mol. The van der Waals surface area contributed by atoms with Crippen LogP contribution in [-0.2, 0) is 14.3 Å². The summed E-state index contributed by atoms with van der Waals surface area (Å²) in [5.41, 5.74) is -0.177. The summed E-state index contributed by atoms with van der Waals surface area (Å²) in [6, 6.07) is 4.08. The number of hydrogen-bond acceptors (Lipinski definition) is 6. The first-order valence-electron chi connectivity index (χ1n) is 6.52. The van der Waals surface area contributed by atoms with Crippen LogP contribution in [0.1, 0.15) is 0 Å². The van der Waals surface area contributed by atoms with Crippen LogP contribution in [0, 0.1) is 10.1 Å². The number of ether oxygens (including phenoxy) is 2. The second kappa shape index (κ2) is 9.15. The van der Waals surface area contributed by atoms with Crippen molar-refractivity contribution in [2.45, 2.75) is 6.04 Å². The average molecular weight is 324 g/mol. The number of aliphatic carboxylic acids is 1. The van der Waals surface area contributed by atoms with Crippen molar-refractivity contribution < 1.29 is 29.1 Å². The highest BCUT2D eigenvalue weighted by atomic mass is 16.6. The molecule has 0 saturated heterocycles. The third-order valence-electron chi connectivity index (χ3n) is 2.55. The number of nitro groups is 1. The van der Waals surface area contributed by atoms with Gasteiger partial charge in [-0.1, -0.05) is 12.1 Å². The van der Waals surface area contributed by atoms with Gasteiger partial charge in [-0.05, 0) is 6.07 Å². The molecule has 1 aromatic carbocycles. The minimum Gasteiger partial charge on any atom is -0.484 e. The maximum atomic E-state index is 11.7. The number of benzene rings is 1. The van der Waals surface area contributed by atoms with Crippen LogP contribution in [0.2, 0.25) is 0 Å². The zero-order chi connectivity index (χ0) is 17.2. The fourth-order valence-corrected chi connectivity index (χ4v) is 1.52. The van der Waals surface area contributed by atoms with Gasteiger partial charge in [0.2, 0.25) is 0 Å². The van der Waals surface area contributed by atoms with Crippen LogP contribution in [0.3, 0.4) is 0 Å². The van der Waals surface area contributed by atoms with Gasteiger partial charge >= 0.3 is 5.97 Å². The summed E-state index contributed by atoms with van der Waals surface area (Å²) >= 11 is 0. The first kappa shape index (κ1) is 18.1. The van der Waals surface area contributed by atoms with Crippen LogP contribution in [0.4, 0.5) is 5.69 Å². The minimum atomic E-state index is -1.25. The SMILES string of the molecule is C=CCOCC(NC(=O)COc1cccc([N+](=O)[O-])c1)C(=O)O. The number of carboxylic acids is 1. The van der Waals surface area contributed by atoms with Gasteiger partial charge in [-0.2, -0.15) is 0 Å². The molecule has 1 atom stereocenters. The molecule has 9 nitrogen and oxygen atoms in total. The van der Waals surface area contributed by atoms with E-state index in [0.717, 1.165) is 6.07 Å². The highest BCUT2D eigenvalue weighted by molar-refractivity contribution is 5.84. The van der Waals surface area contributed by atoms with E-state index >= 15 is 0 Å². The largest absolute Gasteiger partial charge is 0.484 e. The van der Waals surface area contributed by atoms with E-state index in [2.05, 4.69) is 11.9 Å². The predicted molar refractivity (Wildman–Crippen MR) is 79.2 cm³/mol. The van der Waals surface area contributed by atoms with Crippen molar-refractivity contribution in [3.63, 3.8) is 0 Å². The zero-order valence-corrected chi connectivity index (χ0v) is 12.1. The van der Waals surface area contributed by atoms with Gasteiger partial charge in [0, 0.05) is 6.07 Å². The number of carbonyl (C=O) groups excluding carboxylic acids is 1. The van der Waals surface area contributed by atoms with Gasteiger partial charge in [0.25, 0.3) is 11.6 Å². The molecule has 2 N–H and O–H groups in total. The first-order chi connectivity index (χ1) is 10.9. The van der Waals surface area contributed by atoms with Crippen LogP contribution >= 0.6 is 0 Å². The van der Waals surface area contributed by atoms with Crippen LogP contribution in [0.5, 0.6) is 5.75 Å². The number of carboxylic acid groups (broad SMARTS) is 1. The molecule has 0 aliphatic carbocycles. The highest BCUT2D eigenvalue weighted by Crippen LogP contribution is 2.18. The molecule has 0 aliphatic heterocycles. The smallest absolute Gasteiger partial charge is 0.328 e. The number of nitrogens with one attached hydrogen (secondary N) is 1. The average Bonchev–Trinajstić information content (AvgIpc) is 2.52. The van der Waals surface area contributed by atoms with Crippen molar-refractivity contribution in [1.82, 2.24) is 5.32 Å². The molecule has 0 heterocycles. The Morgan fingerprint density at radius 3 is 2.83 bits per heavy atom. The molecule has 23 heavy (non-hydrogen) atoms. The summed E-state index contributed by atoms with van der Waals surface area (Å²) in [5.74, 6) is -1.81. The lowest BCUT2D eigenvalue weighted by Gasteiger charge is -2.14. The van der Waals surface area contributed by atoms with E-state index in [1.165, 1.54) is 24.3 Å². The summed E-state index contributed by atoms with van der Waals surface area (Å²) in [4.78, 5) is 32.7. The quantitative estimate of drug-likeness (QED) is 0.281. The van der Waals surface area contributed by atoms with Crippen molar-refractivity contribution in [2.75, 3.05) is 19.8 Å².